The molecule has 0 aromatic heterocycles. The van der Waals surface area contributed by atoms with E-state index in [1.165, 1.54) is 12.8 Å². The second-order valence-corrected chi connectivity index (χ2v) is 2.55. The molecular weight excluding hydrogens is 196 g/mol. The van der Waals surface area contributed by atoms with E-state index in [4.69, 9.17) is 0 Å². The molecule has 0 fully saturated rings. The van der Waals surface area contributed by atoms with Crippen LogP contribution in [0.15, 0.2) is 0 Å². The number of hydrogen-bond donors (Lipinski definition) is 1. The van der Waals surface area contributed by atoms with Gasteiger partial charge in [-0.3, -0.25) is 0 Å². The number of rotatable bonds is 4. The zero-order valence-electron chi connectivity index (χ0n) is 5.35. The number of halogens is 2. The van der Waals surface area contributed by atoms with Crippen molar-refractivity contribution in [2.24, 2.45) is 0 Å². The summed E-state index contributed by atoms with van der Waals surface area (Å²) >= 11 is 4.68. The number of unbranched alkanes of at least 4 members (excludes halogenated alkanes) is 1. The molecule has 1 atom stereocenters. The predicted octanol–water partition coefficient (Wildman–Crippen LogP) is 2.28. The molecule has 1 unspecified atom stereocenters. The molecule has 9 heavy (non-hydrogen) atoms. The van der Waals surface area contributed by atoms with E-state index in [9.17, 15) is 0 Å². The maximum absolute atomic E-state index is 4.68. The van der Waals surface area contributed by atoms with Crippen molar-refractivity contribution in [2.75, 3.05) is 6.54 Å². The molecule has 0 saturated heterocycles. The lowest BCUT2D eigenvalue weighted by molar-refractivity contribution is 0.776. The van der Waals surface area contributed by atoms with Gasteiger partial charge in [-0.15, -0.1) is 29.9 Å². The molecule has 0 aliphatic rings. The molecule has 1 N–H and O–H groups in total. The molecule has 0 aliphatic carbocycles. The highest BCUT2D eigenvalue weighted by Gasteiger charge is 1.82. The molecule has 0 amide bonds. The Morgan fingerprint density at radius 1 is 1.44 bits per heavy atom. The van der Waals surface area contributed by atoms with E-state index in [2.05, 4.69) is 23.8 Å². The second-order valence-electron chi connectivity index (χ2n) is 1.38. The van der Waals surface area contributed by atoms with Gasteiger partial charge in [0.05, 0.1) is 0 Å². The Hall–Kier alpha value is 1.06. The summed E-state index contributed by atoms with van der Waals surface area (Å²) in [5, 5.41) is 3.09. The van der Waals surface area contributed by atoms with Gasteiger partial charge in [-0.25, -0.2) is 0 Å². The first kappa shape index (κ1) is 16.6. The first-order chi connectivity index (χ1) is 3.41. The van der Waals surface area contributed by atoms with Crippen molar-refractivity contribution >= 4 is 44.1 Å². The summed E-state index contributed by atoms with van der Waals surface area (Å²) in [6, 6.07) is 0. The minimum absolute atomic E-state index is 0. The Labute approximate surface area is 75.7 Å². The van der Waals surface area contributed by atoms with Crippen LogP contribution < -0.4 is 5.09 Å². The molecule has 0 saturated carbocycles. The van der Waals surface area contributed by atoms with Gasteiger partial charge in [0.25, 0.3) is 0 Å². The van der Waals surface area contributed by atoms with E-state index in [1.54, 1.807) is 0 Å². The Kier molecular flexibility index (Phi) is 29.5. The van der Waals surface area contributed by atoms with Crippen LogP contribution in [0.25, 0.3) is 0 Å². The van der Waals surface area contributed by atoms with Gasteiger partial charge in [-0.1, -0.05) is 13.3 Å². The van der Waals surface area contributed by atoms with E-state index in [1.807, 2.05) is 0 Å². The van der Waals surface area contributed by atoms with Crippen molar-refractivity contribution < 1.29 is 0 Å². The van der Waals surface area contributed by atoms with Gasteiger partial charge in [0, 0.05) is 6.54 Å². The molecule has 0 radical (unpaired) electrons. The van der Waals surface area contributed by atoms with Gasteiger partial charge in [-0.05, 0) is 6.42 Å². The van der Waals surface area contributed by atoms with Crippen molar-refractivity contribution in [2.45, 2.75) is 19.8 Å². The fourth-order valence-electron chi connectivity index (χ4n) is 0.316. The Balaban J connectivity index is -0.000000180. The minimum Gasteiger partial charge on any atom is -0.147 e. The number of nitrogens with one attached hydrogen (secondary N) is 1. The van der Waals surface area contributed by atoms with Gasteiger partial charge in [0.2, 0.25) is 7.51 Å². The lowest BCUT2D eigenvalue weighted by Crippen LogP contribution is -1.98. The average molecular weight is 209 g/mol. The monoisotopic (exact) mass is 208 g/mol. The third-order valence-electron chi connectivity index (χ3n) is 0.727. The Morgan fingerprint density at radius 2 is 2.00 bits per heavy atom. The van der Waals surface area contributed by atoms with E-state index < -0.39 is 0 Å². The quantitative estimate of drug-likeness (QED) is 0.563. The largest absolute Gasteiger partial charge is 0.249 e. The summed E-state index contributed by atoms with van der Waals surface area (Å²) in [4.78, 5) is 0. The molecule has 0 rings (SSSR count). The van der Waals surface area contributed by atoms with Crippen LogP contribution in [0, 0.1) is 0 Å². The summed E-state index contributed by atoms with van der Waals surface area (Å²) < 4.78 is 0. The maximum atomic E-state index is 4.68. The highest BCUT2D eigenvalue weighted by atomic mass is 35.5. The van der Waals surface area contributed by atoms with Crippen molar-refractivity contribution in [1.82, 2.24) is 5.09 Å². The standard InChI is InChI=1S/C4H10NPS.2ClH/c1-2-3-4-5-6-7;;/h2-4H2,1H3,(H,5,7);2*1H/p+1. The highest BCUT2D eigenvalue weighted by molar-refractivity contribution is 7.95. The molecule has 0 heterocycles. The first-order valence-electron chi connectivity index (χ1n) is 2.51. The molecule has 0 aromatic carbocycles. The topological polar surface area (TPSA) is 12.0 Å². The van der Waals surface area contributed by atoms with Crippen LogP contribution in [0.4, 0.5) is 0 Å². The summed E-state index contributed by atoms with van der Waals surface area (Å²) in [7, 11) is 0.501. The van der Waals surface area contributed by atoms with Gasteiger partial charge in [0.15, 0.2) is 11.8 Å². The van der Waals surface area contributed by atoms with E-state index >= 15 is 0 Å². The van der Waals surface area contributed by atoms with Gasteiger partial charge in [-0.2, -0.15) is 0 Å². The zero-order valence-corrected chi connectivity index (χ0v) is 8.80. The van der Waals surface area contributed by atoms with Crippen LogP contribution >= 0.6 is 32.3 Å². The zero-order chi connectivity index (χ0) is 5.54. The van der Waals surface area contributed by atoms with Gasteiger partial charge >= 0.3 is 0 Å². The maximum Gasteiger partial charge on any atom is 0.249 e. The lowest BCUT2D eigenvalue weighted by Gasteiger charge is -1.84. The van der Waals surface area contributed by atoms with E-state index in [-0.39, 0.29) is 24.8 Å². The molecule has 58 valence electrons. The van der Waals surface area contributed by atoms with E-state index in [0.717, 1.165) is 6.54 Å². The average Bonchev–Trinajstić information content (AvgIpc) is 1.69. The SMILES string of the molecule is CCCCN[PH+]=S.Cl.Cl. The summed E-state index contributed by atoms with van der Waals surface area (Å²) in [5.74, 6) is 0. The fourth-order valence-corrected chi connectivity index (χ4v) is 0.901. The molecule has 0 bridgehead atoms. The van der Waals surface area contributed by atoms with Crippen LogP contribution in [0.5, 0.6) is 0 Å². The number of hydrogen-bond acceptors (Lipinski definition) is 1. The van der Waals surface area contributed by atoms with Gasteiger partial charge in [0.1, 0.15) is 0 Å². The summed E-state index contributed by atoms with van der Waals surface area (Å²) in [6.07, 6.45) is 2.51. The molecule has 0 aliphatic heterocycles. The molecule has 0 spiro atoms. The Morgan fingerprint density at radius 3 is 2.33 bits per heavy atom. The van der Waals surface area contributed by atoms with Gasteiger partial charge < -0.3 is 0 Å². The van der Waals surface area contributed by atoms with Crippen LogP contribution in [-0.2, 0) is 11.8 Å². The van der Waals surface area contributed by atoms with Crippen LogP contribution in [-0.4, -0.2) is 6.54 Å². The summed E-state index contributed by atoms with van der Waals surface area (Å²) in [6.45, 7) is 3.27. The molecule has 0 aromatic rings. The molecule has 1 nitrogen and oxygen atoms in total. The van der Waals surface area contributed by atoms with Crippen molar-refractivity contribution in [1.29, 1.82) is 0 Å². The fraction of sp³-hybridized carbons (Fsp3) is 1.00. The molecule has 5 heteroatoms. The predicted molar refractivity (Wildman–Crippen MR) is 53.1 cm³/mol. The van der Waals surface area contributed by atoms with Crippen LogP contribution in [0.1, 0.15) is 19.8 Å². The smallest absolute Gasteiger partial charge is 0.147 e. The second kappa shape index (κ2) is 16.0. The third kappa shape index (κ3) is 17.6. The minimum atomic E-state index is 0. The Bertz CT molecular complexity index is 55.8. The third-order valence-corrected chi connectivity index (χ3v) is 1.55. The summed E-state index contributed by atoms with van der Waals surface area (Å²) in [5.41, 5.74) is 0. The van der Waals surface area contributed by atoms with Crippen LogP contribution in [0.2, 0.25) is 0 Å². The lowest BCUT2D eigenvalue weighted by atomic mass is 10.3. The van der Waals surface area contributed by atoms with Crippen molar-refractivity contribution in [3.63, 3.8) is 0 Å². The van der Waals surface area contributed by atoms with Crippen LogP contribution in [0.3, 0.4) is 0 Å². The first-order valence-corrected chi connectivity index (χ1v) is 4.65. The molecular formula is C4H13Cl2NPS+. The van der Waals surface area contributed by atoms with Crippen molar-refractivity contribution in [3.05, 3.63) is 0 Å². The van der Waals surface area contributed by atoms with Crippen molar-refractivity contribution in [3.8, 4) is 0 Å². The highest BCUT2D eigenvalue weighted by Crippen LogP contribution is 1.86. The van der Waals surface area contributed by atoms with E-state index in [0.29, 0.717) is 7.51 Å². The normalized spacial score (nSPS) is 7.67.